The Kier molecular flexibility index (Phi) is 5.39. The molecule has 0 atom stereocenters. The third kappa shape index (κ3) is 3.98. The van der Waals surface area contributed by atoms with Crippen molar-refractivity contribution in [1.82, 2.24) is 35.1 Å². The molecule has 0 aliphatic heterocycles. The maximum Gasteiger partial charge on any atom is 0.227 e. The minimum absolute atomic E-state index is 0.0708. The highest BCUT2D eigenvalue weighted by atomic mass is 16.1. The largest absolute Gasteiger partial charge is 0.352 e. The van der Waals surface area contributed by atoms with Gasteiger partial charge in [-0.05, 0) is 48.7 Å². The van der Waals surface area contributed by atoms with Crippen LogP contribution in [0.15, 0.2) is 73.7 Å². The highest BCUT2D eigenvalue weighted by molar-refractivity contribution is 6.01. The van der Waals surface area contributed by atoms with E-state index in [0.29, 0.717) is 5.69 Å². The van der Waals surface area contributed by atoms with Crippen LogP contribution in [-0.2, 0) is 4.79 Å². The number of fused-ring (bicyclic) bond motifs is 2. The zero-order valence-electron chi connectivity index (χ0n) is 20.5. The minimum Gasteiger partial charge on any atom is -0.352 e. The predicted octanol–water partition coefficient (Wildman–Crippen LogP) is 5.75. The molecule has 0 spiro atoms. The van der Waals surface area contributed by atoms with Gasteiger partial charge in [0.15, 0.2) is 0 Å². The Balaban J connectivity index is 1.25. The van der Waals surface area contributed by atoms with Gasteiger partial charge in [0.2, 0.25) is 5.91 Å². The van der Waals surface area contributed by atoms with Gasteiger partial charge in [0.05, 0.1) is 46.7 Å². The third-order valence-electron chi connectivity index (χ3n) is 7.27. The van der Waals surface area contributed by atoms with Crippen molar-refractivity contribution in [3.8, 4) is 33.8 Å². The quantitative estimate of drug-likeness (QED) is 0.277. The molecule has 9 nitrogen and oxygen atoms in total. The molecule has 6 aromatic rings. The lowest BCUT2D eigenvalue weighted by molar-refractivity contribution is -0.119. The molecule has 186 valence electrons. The monoisotopic (exact) mass is 500 g/mol. The average Bonchev–Trinajstić information content (AvgIpc) is 3.73. The molecule has 1 aliphatic rings. The van der Waals surface area contributed by atoms with Crippen LogP contribution in [0.2, 0.25) is 0 Å². The predicted molar refractivity (Wildman–Crippen MR) is 146 cm³/mol. The Morgan fingerprint density at radius 3 is 2.55 bits per heavy atom. The summed E-state index contributed by atoms with van der Waals surface area (Å²) in [6.45, 7) is 0. The van der Waals surface area contributed by atoms with Gasteiger partial charge in [-0.25, -0.2) is 0 Å². The Morgan fingerprint density at radius 2 is 1.68 bits per heavy atom. The summed E-state index contributed by atoms with van der Waals surface area (Å²) in [7, 11) is 0. The maximum atomic E-state index is 12.6. The Labute approximate surface area is 217 Å². The van der Waals surface area contributed by atoms with Crippen LogP contribution in [0.4, 0.5) is 5.69 Å². The molecule has 3 N–H and O–H groups in total. The molecule has 0 unspecified atom stereocenters. The van der Waals surface area contributed by atoms with Crippen molar-refractivity contribution < 1.29 is 4.79 Å². The molecule has 6 heterocycles. The topological polar surface area (TPSA) is 125 Å². The Hall–Kier alpha value is -4.92. The van der Waals surface area contributed by atoms with Gasteiger partial charge in [-0.2, -0.15) is 5.10 Å². The molecule has 1 amide bonds. The smallest absolute Gasteiger partial charge is 0.227 e. The van der Waals surface area contributed by atoms with Crippen molar-refractivity contribution in [2.24, 2.45) is 5.92 Å². The van der Waals surface area contributed by atoms with Crippen LogP contribution in [0.25, 0.3) is 55.6 Å². The lowest BCUT2D eigenvalue weighted by Crippen LogP contribution is -2.20. The van der Waals surface area contributed by atoms with Crippen LogP contribution in [0.3, 0.4) is 0 Å². The zero-order chi connectivity index (χ0) is 25.5. The zero-order valence-corrected chi connectivity index (χ0v) is 20.5. The number of hydrogen-bond donors (Lipinski definition) is 3. The fourth-order valence-corrected chi connectivity index (χ4v) is 5.30. The van der Waals surface area contributed by atoms with Gasteiger partial charge in [0.25, 0.3) is 0 Å². The summed E-state index contributed by atoms with van der Waals surface area (Å²) in [6, 6.07) is 9.97. The number of anilines is 1. The van der Waals surface area contributed by atoms with E-state index in [9.17, 15) is 4.79 Å². The first-order valence-corrected chi connectivity index (χ1v) is 12.7. The lowest BCUT2D eigenvalue weighted by Gasteiger charge is -2.11. The SMILES string of the molecule is O=C(Nc1cncc(-c2cc3c(-c4cc5c(-c6ccncc6)cncc5[nH]4)n[nH]c3cn2)c1)C1CCCC1. The number of amides is 1. The summed E-state index contributed by atoms with van der Waals surface area (Å²) in [5.74, 6) is 0.161. The second kappa shape index (κ2) is 9.19. The summed E-state index contributed by atoms with van der Waals surface area (Å²) in [4.78, 5) is 33.6. The van der Waals surface area contributed by atoms with Crippen molar-refractivity contribution in [3.63, 3.8) is 0 Å². The molecule has 7 rings (SSSR count). The number of nitrogens with one attached hydrogen (secondary N) is 3. The van der Waals surface area contributed by atoms with Gasteiger partial charge < -0.3 is 10.3 Å². The molecule has 0 aromatic carbocycles. The van der Waals surface area contributed by atoms with Crippen LogP contribution in [-0.4, -0.2) is 41.0 Å². The molecule has 9 heteroatoms. The maximum absolute atomic E-state index is 12.6. The fraction of sp³-hybridized carbons (Fsp3) is 0.172. The standard InChI is InChI=1S/C29H24N8O/c38-29(18-3-1-2-4-18)34-20-9-19(12-31-13-20)24-11-22-27(16-33-24)36-37-28(22)25-10-21-23(14-32-15-26(21)35-25)17-5-7-30-8-6-17/h5-16,18,35H,1-4H2,(H,34,38)(H,36,37). The second-order valence-corrected chi connectivity index (χ2v) is 9.69. The van der Waals surface area contributed by atoms with Crippen molar-refractivity contribution >= 4 is 33.4 Å². The third-order valence-corrected chi connectivity index (χ3v) is 7.27. The molecule has 0 radical (unpaired) electrons. The molecule has 0 saturated heterocycles. The molecule has 6 aromatic heterocycles. The lowest BCUT2D eigenvalue weighted by atomic mass is 10.1. The minimum atomic E-state index is 0.0708. The van der Waals surface area contributed by atoms with Gasteiger partial charge in [-0.3, -0.25) is 29.8 Å². The second-order valence-electron chi connectivity index (χ2n) is 9.69. The van der Waals surface area contributed by atoms with E-state index in [0.717, 1.165) is 81.3 Å². The fourth-order valence-electron chi connectivity index (χ4n) is 5.30. The molecule has 0 bridgehead atoms. The number of rotatable bonds is 5. The van der Waals surface area contributed by atoms with Crippen LogP contribution < -0.4 is 5.32 Å². The molecule has 1 aliphatic carbocycles. The summed E-state index contributed by atoms with van der Waals surface area (Å²) < 4.78 is 0. The number of H-pyrrole nitrogens is 2. The van der Waals surface area contributed by atoms with Gasteiger partial charge in [0, 0.05) is 52.6 Å². The van der Waals surface area contributed by atoms with Crippen LogP contribution in [0.1, 0.15) is 25.7 Å². The van der Waals surface area contributed by atoms with Crippen molar-refractivity contribution in [1.29, 1.82) is 0 Å². The normalized spacial score (nSPS) is 13.9. The van der Waals surface area contributed by atoms with Gasteiger partial charge >= 0.3 is 0 Å². The van der Waals surface area contributed by atoms with Crippen molar-refractivity contribution in [2.45, 2.75) is 25.7 Å². The number of nitrogens with zero attached hydrogens (tertiary/aromatic N) is 5. The summed E-state index contributed by atoms with van der Waals surface area (Å²) in [6.07, 6.45) is 16.6. The number of hydrogen-bond acceptors (Lipinski definition) is 6. The van der Waals surface area contributed by atoms with Crippen LogP contribution >= 0.6 is 0 Å². The summed E-state index contributed by atoms with van der Waals surface area (Å²) in [5.41, 5.74) is 7.75. The number of aromatic nitrogens is 7. The van der Waals surface area contributed by atoms with E-state index in [1.54, 1.807) is 31.0 Å². The highest BCUT2D eigenvalue weighted by Gasteiger charge is 2.23. The van der Waals surface area contributed by atoms with E-state index in [4.69, 9.17) is 0 Å². The number of carbonyl (C=O) groups excluding carboxylic acids is 1. The Bertz CT molecular complexity index is 1780. The Morgan fingerprint density at radius 1 is 0.842 bits per heavy atom. The number of pyridine rings is 4. The summed E-state index contributed by atoms with van der Waals surface area (Å²) in [5, 5.41) is 12.7. The number of aromatic amines is 2. The highest BCUT2D eigenvalue weighted by Crippen LogP contribution is 2.34. The first kappa shape index (κ1) is 22.3. The van der Waals surface area contributed by atoms with E-state index >= 15 is 0 Å². The van der Waals surface area contributed by atoms with Gasteiger partial charge in [0.1, 0.15) is 5.69 Å². The van der Waals surface area contributed by atoms with E-state index < -0.39 is 0 Å². The van der Waals surface area contributed by atoms with Crippen LogP contribution in [0, 0.1) is 5.92 Å². The first-order valence-electron chi connectivity index (χ1n) is 12.7. The van der Waals surface area contributed by atoms with Crippen molar-refractivity contribution in [2.75, 3.05) is 5.32 Å². The van der Waals surface area contributed by atoms with Crippen LogP contribution in [0.5, 0.6) is 0 Å². The summed E-state index contributed by atoms with van der Waals surface area (Å²) >= 11 is 0. The first-order chi connectivity index (χ1) is 18.7. The van der Waals surface area contributed by atoms with Gasteiger partial charge in [-0.1, -0.05) is 12.8 Å². The molecule has 1 saturated carbocycles. The molecule has 1 fully saturated rings. The van der Waals surface area contributed by atoms with Crippen molar-refractivity contribution in [3.05, 3.63) is 73.7 Å². The van der Waals surface area contributed by atoms with E-state index in [-0.39, 0.29) is 11.8 Å². The number of carbonyl (C=O) groups is 1. The van der Waals surface area contributed by atoms with E-state index in [1.165, 1.54) is 0 Å². The van der Waals surface area contributed by atoms with Gasteiger partial charge in [-0.15, -0.1) is 0 Å². The average molecular weight is 501 g/mol. The van der Waals surface area contributed by atoms with E-state index in [1.807, 2.05) is 36.7 Å². The molecular formula is C29H24N8O. The van der Waals surface area contributed by atoms with E-state index in [2.05, 4.69) is 46.5 Å². The molecule has 38 heavy (non-hydrogen) atoms. The molecular weight excluding hydrogens is 476 g/mol.